The number of carboxylic acid groups (broad SMARTS) is 1. The van der Waals surface area contributed by atoms with Crippen LogP contribution in [0.4, 0.5) is 0 Å². The van der Waals surface area contributed by atoms with E-state index in [1.54, 1.807) is 6.07 Å². The highest BCUT2D eigenvalue weighted by Crippen LogP contribution is 2.37. The van der Waals surface area contributed by atoms with Crippen molar-refractivity contribution in [2.45, 2.75) is 44.6 Å². The molecule has 0 bridgehead atoms. The molecular formula is C29H29Cl2NO4. The highest BCUT2D eigenvalue weighted by molar-refractivity contribution is 6.30. The molecule has 188 valence electrons. The highest BCUT2D eigenvalue weighted by atomic mass is 35.5. The standard InChI is InChI=1S/C29H29Cl2NO4/c1-29(17-22-5-9-24(30)10-6-22)18-23-15-21(7-11-26(23)36-29)8-12-27(33)32(19-28(34)35)14-13-20-3-2-4-25(31)16-20/h2-7,9-11,15-16H,8,12-14,17-19H2,1H3,(H,34,35)/t29-/m0/s1. The van der Waals surface area contributed by atoms with Crippen LogP contribution in [-0.4, -0.2) is 40.6 Å². The third-order valence-corrected chi connectivity index (χ3v) is 6.89. The number of hydrogen-bond donors (Lipinski definition) is 1. The first-order valence-corrected chi connectivity index (χ1v) is 12.7. The zero-order valence-electron chi connectivity index (χ0n) is 20.2. The van der Waals surface area contributed by atoms with E-state index in [0.717, 1.165) is 40.8 Å². The molecule has 36 heavy (non-hydrogen) atoms. The van der Waals surface area contributed by atoms with Gasteiger partial charge < -0.3 is 14.7 Å². The number of rotatable bonds is 10. The van der Waals surface area contributed by atoms with E-state index in [0.29, 0.717) is 29.4 Å². The van der Waals surface area contributed by atoms with Crippen LogP contribution < -0.4 is 4.74 Å². The van der Waals surface area contributed by atoms with Gasteiger partial charge in [-0.05, 0) is 72.4 Å². The lowest BCUT2D eigenvalue weighted by Gasteiger charge is -2.24. The third kappa shape index (κ3) is 7.02. The van der Waals surface area contributed by atoms with E-state index in [1.807, 2.05) is 54.6 Å². The van der Waals surface area contributed by atoms with Gasteiger partial charge in [-0.15, -0.1) is 0 Å². The molecule has 1 aliphatic rings. The Morgan fingerprint density at radius 3 is 2.39 bits per heavy atom. The van der Waals surface area contributed by atoms with Gasteiger partial charge in [-0.25, -0.2) is 0 Å². The summed E-state index contributed by atoms with van der Waals surface area (Å²) in [5.41, 5.74) is 3.94. The number of amides is 1. The maximum Gasteiger partial charge on any atom is 0.323 e. The normalized spacial score (nSPS) is 16.3. The van der Waals surface area contributed by atoms with Crippen LogP contribution in [0, 0.1) is 0 Å². The van der Waals surface area contributed by atoms with E-state index in [-0.39, 0.29) is 24.5 Å². The Morgan fingerprint density at radius 1 is 0.944 bits per heavy atom. The minimum atomic E-state index is -1.02. The predicted molar refractivity (Wildman–Crippen MR) is 142 cm³/mol. The number of halogens is 2. The average molecular weight is 526 g/mol. The van der Waals surface area contributed by atoms with Crippen molar-refractivity contribution in [3.05, 3.63) is 99.0 Å². The maximum absolute atomic E-state index is 12.9. The van der Waals surface area contributed by atoms with Crippen LogP contribution in [-0.2, 0) is 35.3 Å². The summed E-state index contributed by atoms with van der Waals surface area (Å²) in [6, 6.07) is 21.2. The summed E-state index contributed by atoms with van der Waals surface area (Å²) < 4.78 is 6.29. The minimum absolute atomic E-state index is 0.177. The van der Waals surface area contributed by atoms with Gasteiger partial charge in [0, 0.05) is 35.9 Å². The molecule has 7 heteroatoms. The fourth-order valence-electron chi connectivity index (χ4n) is 4.68. The monoisotopic (exact) mass is 525 g/mol. The molecule has 0 unspecified atom stereocenters. The topological polar surface area (TPSA) is 66.8 Å². The zero-order valence-corrected chi connectivity index (χ0v) is 21.7. The lowest BCUT2D eigenvalue weighted by atomic mass is 9.91. The van der Waals surface area contributed by atoms with Gasteiger partial charge in [-0.3, -0.25) is 9.59 Å². The van der Waals surface area contributed by atoms with E-state index < -0.39 is 5.97 Å². The minimum Gasteiger partial charge on any atom is -0.487 e. The molecule has 1 amide bonds. The number of fused-ring (bicyclic) bond motifs is 1. The van der Waals surface area contributed by atoms with Crippen molar-refractivity contribution in [1.82, 2.24) is 4.90 Å². The predicted octanol–water partition coefficient (Wildman–Crippen LogP) is 6.02. The molecule has 1 atom stereocenters. The van der Waals surface area contributed by atoms with Crippen molar-refractivity contribution >= 4 is 35.1 Å². The Labute approximate surface area is 221 Å². The summed E-state index contributed by atoms with van der Waals surface area (Å²) in [4.78, 5) is 25.7. The first-order chi connectivity index (χ1) is 17.2. The van der Waals surface area contributed by atoms with Gasteiger partial charge in [0.2, 0.25) is 5.91 Å². The van der Waals surface area contributed by atoms with Gasteiger partial charge in [-0.1, -0.05) is 59.6 Å². The summed E-state index contributed by atoms with van der Waals surface area (Å²) >= 11 is 12.0. The first-order valence-electron chi connectivity index (χ1n) is 12.0. The second kappa shape index (κ2) is 11.4. The molecule has 0 aromatic heterocycles. The molecule has 0 spiro atoms. The van der Waals surface area contributed by atoms with Crippen molar-refractivity contribution in [1.29, 1.82) is 0 Å². The van der Waals surface area contributed by atoms with E-state index >= 15 is 0 Å². The lowest BCUT2D eigenvalue weighted by Crippen LogP contribution is -2.37. The first kappa shape index (κ1) is 26.1. The summed E-state index contributed by atoms with van der Waals surface area (Å²) in [6.45, 7) is 2.11. The third-order valence-electron chi connectivity index (χ3n) is 6.40. The summed E-state index contributed by atoms with van der Waals surface area (Å²) in [5, 5.41) is 10.6. The van der Waals surface area contributed by atoms with E-state index in [1.165, 1.54) is 4.90 Å². The Balaban J connectivity index is 1.35. The summed E-state index contributed by atoms with van der Waals surface area (Å²) in [7, 11) is 0. The fraction of sp³-hybridized carbons (Fsp3) is 0.310. The Hall–Kier alpha value is -3.02. The molecule has 0 saturated heterocycles. The largest absolute Gasteiger partial charge is 0.487 e. The second-order valence-electron chi connectivity index (χ2n) is 9.56. The molecule has 4 rings (SSSR count). The molecular weight excluding hydrogens is 497 g/mol. The SMILES string of the molecule is C[C@]1(Cc2ccc(Cl)cc2)Cc2cc(CCC(=O)N(CCc3cccc(Cl)c3)CC(=O)O)ccc2O1. The molecule has 0 fully saturated rings. The lowest BCUT2D eigenvalue weighted by molar-refractivity contribution is -0.144. The molecule has 0 saturated carbocycles. The molecule has 1 N–H and O–H groups in total. The second-order valence-corrected chi connectivity index (χ2v) is 10.4. The Morgan fingerprint density at radius 2 is 1.67 bits per heavy atom. The van der Waals surface area contributed by atoms with Gasteiger partial charge in [-0.2, -0.15) is 0 Å². The van der Waals surface area contributed by atoms with Crippen LogP contribution in [0.3, 0.4) is 0 Å². The van der Waals surface area contributed by atoms with Gasteiger partial charge in [0.1, 0.15) is 17.9 Å². The summed E-state index contributed by atoms with van der Waals surface area (Å²) in [5.74, 6) is -0.330. The number of benzene rings is 3. The van der Waals surface area contributed by atoms with Crippen molar-refractivity contribution in [2.75, 3.05) is 13.1 Å². The fourth-order valence-corrected chi connectivity index (χ4v) is 5.02. The number of ether oxygens (including phenoxy) is 1. The number of carbonyl (C=O) groups excluding carboxylic acids is 1. The van der Waals surface area contributed by atoms with Gasteiger partial charge in [0.15, 0.2) is 0 Å². The molecule has 1 aliphatic heterocycles. The van der Waals surface area contributed by atoms with Crippen LogP contribution in [0.2, 0.25) is 10.0 Å². The average Bonchev–Trinajstić information content (AvgIpc) is 3.16. The van der Waals surface area contributed by atoms with E-state index in [9.17, 15) is 14.7 Å². The molecule has 3 aromatic carbocycles. The number of nitrogens with zero attached hydrogens (tertiary/aromatic N) is 1. The van der Waals surface area contributed by atoms with Crippen LogP contribution in [0.25, 0.3) is 0 Å². The number of aliphatic carboxylic acids is 1. The number of hydrogen-bond acceptors (Lipinski definition) is 3. The number of carbonyl (C=O) groups is 2. The van der Waals surface area contributed by atoms with Crippen molar-refractivity contribution in [3.63, 3.8) is 0 Å². The van der Waals surface area contributed by atoms with E-state index in [4.69, 9.17) is 27.9 Å². The Bertz CT molecular complexity index is 1240. The van der Waals surface area contributed by atoms with Crippen LogP contribution >= 0.6 is 23.2 Å². The van der Waals surface area contributed by atoms with Gasteiger partial charge >= 0.3 is 5.97 Å². The van der Waals surface area contributed by atoms with Gasteiger partial charge in [0.05, 0.1) is 0 Å². The Kier molecular flexibility index (Phi) is 8.22. The molecule has 5 nitrogen and oxygen atoms in total. The molecule has 1 heterocycles. The number of aryl methyl sites for hydroxylation is 1. The van der Waals surface area contributed by atoms with Crippen molar-refractivity contribution in [2.24, 2.45) is 0 Å². The van der Waals surface area contributed by atoms with Crippen LogP contribution in [0.5, 0.6) is 5.75 Å². The van der Waals surface area contributed by atoms with Crippen molar-refractivity contribution in [3.8, 4) is 5.75 Å². The van der Waals surface area contributed by atoms with E-state index in [2.05, 4.69) is 13.0 Å². The quantitative estimate of drug-likeness (QED) is 0.351. The molecule has 0 aliphatic carbocycles. The summed E-state index contributed by atoms with van der Waals surface area (Å²) in [6.07, 6.45) is 2.86. The smallest absolute Gasteiger partial charge is 0.323 e. The van der Waals surface area contributed by atoms with Crippen LogP contribution in [0.1, 0.15) is 35.6 Å². The highest BCUT2D eigenvalue weighted by Gasteiger charge is 2.35. The van der Waals surface area contributed by atoms with Crippen LogP contribution in [0.15, 0.2) is 66.7 Å². The molecule has 0 radical (unpaired) electrons. The number of carboxylic acids is 1. The molecule has 3 aromatic rings. The van der Waals surface area contributed by atoms with Gasteiger partial charge in [0.25, 0.3) is 0 Å². The van der Waals surface area contributed by atoms with Crippen molar-refractivity contribution < 1.29 is 19.4 Å². The maximum atomic E-state index is 12.9. The zero-order chi connectivity index (χ0) is 25.7.